The number of rotatable bonds is 4. The predicted octanol–water partition coefficient (Wildman–Crippen LogP) is 3.80. The summed E-state index contributed by atoms with van der Waals surface area (Å²) in [6.07, 6.45) is 0. The Bertz CT molecular complexity index is 1550. The number of carbonyl (C=O) groups excluding carboxylic acids is 1. The SMILES string of the molecule is Cc1cccc(NC(=O)Cn2c(=O)n3nc(-c4cccc(F)c4)nc3c3ccccc32)c1. The zero-order chi connectivity index (χ0) is 22.2. The number of nitrogens with zero attached hydrogens (tertiary/aromatic N) is 4. The Morgan fingerprint density at radius 1 is 1.03 bits per heavy atom. The van der Waals surface area contributed by atoms with Crippen molar-refractivity contribution >= 4 is 28.1 Å². The van der Waals surface area contributed by atoms with Gasteiger partial charge < -0.3 is 5.32 Å². The minimum atomic E-state index is -0.506. The van der Waals surface area contributed by atoms with Crippen molar-refractivity contribution in [2.24, 2.45) is 0 Å². The summed E-state index contributed by atoms with van der Waals surface area (Å²) < 4.78 is 16.2. The normalized spacial score (nSPS) is 11.2. The molecule has 0 aliphatic carbocycles. The molecule has 5 rings (SSSR count). The molecular formula is C24H18FN5O2. The van der Waals surface area contributed by atoms with Crippen LogP contribution in [0.4, 0.5) is 10.1 Å². The van der Waals surface area contributed by atoms with Crippen molar-refractivity contribution in [3.05, 3.63) is 94.7 Å². The number of aryl methyl sites for hydroxylation is 1. The molecule has 3 aromatic carbocycles. The maximum atomic E-state index is 13.7. The average Bonchev–Trinajstić information content (AvgIpc) is 3.23. The monoisotopic (exact) mass is 427 g/mol. The van der Waals surface area contributed by atoms with E-state index in [1.807, 2.05) is 37.3 Å². The molecule has 0 atom stereocenters. The molecule has 0 bridgehead atoms. The first kappa shape index (κ1) is 19.6. The number of para-hydroxylation sites is 1. The van der Waals surface area contributed by atoms with Crippen LogP contribution in [0.1, 0.15) is 5.56 Å². The molecule has 1 N–H and O–H groups in total. The summed E-state index contributed by atoms with van der Waals surface area (Å²) in [6.45, 7) is 1.74. The highest BCUT2D eigenvalue weighted by atomic mass is 19.1. The highest BCUT2D eigenvalue weighted by Crippen LogP contribution is 2.21. The molecule has 0 spiro atoms. The van der Waals surface area contributed by atoms with E-state index in [2.05, 4.69) is 15.4 Å². The molecule has 0 aliphatic rings. The van der Waals surface area contributed by atoms with Crippen LogP contribution in [-0.2, 0) is 11.3 Å². The largest absolute Gasteiger partial charge is 0.351 e. The van der Waals surface area contributed by atoms with Gasteiger partial charge in [0.2, 0.25) is 5.91 Å². The summed E-state index contributed by atoms with van der Waals surface area (Å²) in [5.41, 5.74) is 2.53. The van der Waals surface area contributed by atoms with Gasteiger partial charge in [0.05, 0.1) is 5.52 Å². The number of fused-ring (bicyclic) bond motifs is 3. The van der Waals surface area contributed by atoms with Gasteiger partial charge in [-0.25, -0.2) is 14.2 Å². The molecule has 158 valence electrons. The van der Waals surface area contributed by atoms with Crippen LogP contribution in [-0.4, -0.2) is 25.1 Å². The van der Waals surface area contributed by atoms with Crippen LogP contribution in [0, 0.1) is 12.7 Å². The van der Waals surface area contributed by atoms with Gasteiger partial charge in [-0.1, -0.05) is 36.4 Å². The highest BCUT2D eigenvalue weighted by Gasteiger charge is 2.17. The number of carbonyl (C=O) groups is 1. The Morgan fingerprint density at radius 2 is 1.84 bits per heavy atom. The lowest BCUT2D eigenvalue weighted by Crippen LogP contribution is -2.32. The number of aromatic nitrogens is 4. The Hall–Kier alpha value is -4.33. The van der Waals surface area contributed by atoms with Crippen LogP contribution in [0.25, 0.3) is 27.9 Å². The number of halogens is 1. The zero-order valence-electron chi connectivity index (χ0n) is 17.1. The first-order valence-corrected chi connectivity index (χ1v) is 10.0. The number of benzene rings is 3. The molecule has 5 aromatic rings. The third-order valence-electron chi connectivity index (χ3n) is 5.14. The van der Waals surface area contributed by atoms with Crippen molar-refractivity contribution in [2.75, 3.05) is 5.32 Å². The van der Waals surface area contributed by atoms with Gasteiger partial charge in [0.15, 0.2) is 11.5 Å². The average molecular weight is 427 g/mol. The van der Waals surface area contributed by atoms with Crippen LogP contribution >= 0.6 is 0 Å². The molecule has 32 heavy (non-hydrogen) atoms. The summed E-state index contributed by atoms with van der Waals surface area (Å²) in [5, 5.41) is 7.79. The first-order chi connectivity index (χ1) is 15.5. The Labute approximate surface area is 181 Å². The molecule has 8 heteroatoms. The second-order valence-electron chi connectivity index (χ2n) is 7.48. The van der Waals surface area contributed by atoms with Crippen molar-refractivity contribution in [2.45, 2.75) is 13.5 Å². The van der Waals surface area contributed by atoms with Gasteiger partial charge >= 0.3 is 5.69 Å². The fraction of sp³-hybridized carbons (Fsp3) is 0.0833. The fourth-order valence-corrected chi connectivity index (χ4v) is 3.70. The van der Waals surface area contributed by atoms with E-state index in [1.165, 1.54) is 16.7 Å². The number of hydrogen-bond acceptors (Lipinski definition) is 4. The maximum absolute atomic E-state index is 13.7. The Morgan fingerprint density at radius 3 is 2.66 bits per heavy atom. The Kier molecular flexibility index (Phi) is 4.74. The fourth-order valence-electron chi connectivity index (χ4n) is 3.70. The number of hydrogen-bond donors (Lipinski definition) is 1. The van der Waals surface area contributed by atoms with E-state index in [0.29, 0.717) is 27.8 Å². The quantitative estimate of drug-likeness (QED) is 0.473. The third-order valence-corrected chi connectivity index (χ3v) is 5.14. The van der Waals surface area contributed by atoms with E-state index in [0.717, 1.165) is 10.1 Å². The van der Waals surface area contributed by atoms with Crippen molar-refractivity contribution in [3.8, 4) is 11.4 Å². The molecule has 0 saturated carbocycles. The lowest BCUT2D eigenvalue weighted by Gasteiger charge is -2.11. The molecular weight excluding hydrogens is 409 g/mol. The van der Waals surface area contributed by atoms with Crippen LogP contribution in [0.5, 0.6) is 0 Å². The van der Waals surface area contributed by atoms with Gasteiger partial charge in [-0.05, 0) is 48.9 Å². The third kappa shape index (κ3) is 3.51. The molecule has 7 nitrogen and oxygen atoms in total. The smallest absolute Gasteiger partial charge is 0.325 e. The summed E-state index contributed by atoms with van der Waals surface area (Å²) in [5.74, 6) is -0.530. The van der Waals surface area contributed by atoms with Gasteiger partial charge in [0.25, 0.3) is 0 Å². The van der Waals surface area contributed by atoms with Gasteiger partial charge in [0, 0.05) is 16.6 Å². The summed E-state index contributed by atoms with van der Waals surface area (Å²) in [6, 6.07) is 20.5. The second kappa shape index (κ2) is 7.73. The lowest BCUT2D eigenvalue weighted by molar-refractivity contribution is -0.116. The highest BCUT2D eigenvalue weighted by molar-refractivity contribution is 5.95. The molecule has 0 unspecified atom stereocenters. The van der Waals surface area contributed by atoms with E-state index in [4.69, 9.17) is 0 Å². The summed E-state index contributed by atoms with van der Waals surface area (Å²) in [4.78, 5) is 30.5. The molecule has 2 heterocycles. The van der Waals surface area contributed by atoms with Crippen LogP contribution in [0.3, 0.4) is 0 Å². The number of amides is 1. The lowest BCUT2D eigenvalue weighted by atomic mass is 10.2. The van der Waals surface area contributed by atoms with Gasteiger partial charge in [0.1, 0.15) is 12.4 Å². The molecule has 2 aromatic heterocycles. The van der Waals surface area contributed by atoms with Crippen LogP contribution < -0.4 is 11.0 Å². The van der Waals surface area contributed by atoms with E-state index in [1.54, 1.807) is 30.3 Å². The zero-order valence-corrected chi connectivity index (χ0v) is 17.1. The van der Waals surface area contributed by atoms with Crippen LogP contribution in [0.15, 0.2) is 77.6 Å². The van der Waals surface area contributed by atoms with Gasteiger partial charge in [-0.15, -0.1) is 5.10 Å². The summed E-state index contributed by atoms with van der Waals surface area (Å²) >= 11 is 0. The van der Waals surface area contributed by atoms with Gasteiger partial charge in [-0.2, -0.15) is 4.52 Å². The minimum absolute atomic E-state index is 0.196. The van der Waals surface area contributed by atoms with Gasteiger partial charge in [-0.3, -0.25) is 9.36 Å². The topological polar surface area (TPSA) is 81.3 Å². The maximum Gasteiger partial charge on any atom is 0.351 e. The predicted molar refractivity (Wildman–Crippen MR) is 120 cm³/mol. The van der Waals surface area contributed by atoms with Crippen molar-refractivity contribution < 1.29 is 9.18 Å². The summed E-state index contributed by atoms with van der Waals surface area (Å²) in [7, 11) is 0. The Balaban J connectivity index is 1.61. The minimum Gasteiger partial charge on any atom is -0.325 e. The van der Waals surface area contributed by atoms with E-state index < -0.39 is 11.5 Å². The molecule has 0 radical (unpaired) electrons. The number of anilines is 1. The number of nitrogens with one attached hydrogen (secondary N) is 1. The molecule has 0 aliphatic heterocycles. The van der Waals surface area contributed by atoms with E-state index >= 15 is 0 Å². The second-order valence-corrected chi connectivity index (χ2v) is 7.48. The van der Waals surface area contributed by atoms with Crippen molar-refractivity contribution in [1.29, 1.82) is 0 Å². The molecule has 0 fully saturated rings. The van der Waals surface area contributed by atoms with Crippen molar-refractivity contribution in [3.63, 3.8) is 0 Å². The van der Waals surface area contributed by atoms with E-state index in [-0.39, 0.29) is 18.3 Å². The van der Waals surface area contributed by atoms with Crippen molar-refractivity contribution in [1.82, 2.24) is 19.2 Å². The van der Waals surface area contributed by atoms with Crippen LogP contribution in [0.2, 0.25) is 0 Å². The molecule has 1 amide bonds. The standard InChI is InChI=1S/C24H18FN5O2/c1-15-6-4-9-18(12-15)26-21(31)14-29-20-11-3-2-10-19(20)23-27-22(28-30(23)24(29)32)16-7-5-8-17(25)13-16/h2-13H,14H2,1H3,(H,26,31). The first-order valence-electron chi connectivity index (χ1n) is 10.0. The molecule has 0 saturated heterocycles. The van der Waals surface area contributed by atoms with E-state index in [9.17, 15) is 14.0 Å².